The van der Waals surface area contributed by atoms with Crippen LogP contribution in [0.25, 0.3) is 22.0 Å². The van der Waals surface area contributed by atoms with Gasteiger partial charge in [-0.3, -0.25) is 4.79 Å². The van der Waals surface area contributed by atoms with Crippen LogP contribution in [0.15, 0.2) is 79.0 Å². The largest absolute Gasteiger partial charge is 0.495 e. The zero-order valence-corrected chi connectivity index (χ0v) is 26.2. The second-order valence-electron chi connectivity index (χ2n) is 11.7. The summed E-state index contributed by atoms with van der Waals surface area (Å²) < 4.78 is 45.1. The van der Waals surface area contributed by atoms with E-state index in [4.69, 9.17) is 9.72 Å². The molecule has 1 saturated heterocycles. The third-order valence-corrected chi connectivity index (χ3v) is 8.39. The molecule has 0 radical (unpaired) electrons. The maximum Gasteiger partial charge on any atom is 0.416 e. The molecule has 1 aliphatic rings. The van der Waals surface area contributed by atoms with E-state index < -0.39 is 17.6 Å². The number of aliphatic hydroxyl groups is 1. The first-order valence-corrected chi connectivity index (χ1v) is 15.2. The molecular weight excluding hydrogens is 607 g/mol. The molecule has 1 amide bonds. The van der Waals surface area contributed by atoms with E-state index in [-0.39, 0.29) is 11.7 Å². The Morgan fingerprint density at radius 3 is 2.51 bits per heavy atom. The van der Waals surface area contributed by atoms with Gasteiger partial charge >= 0.3 is 6.18 Å². The van der Waals surface area contributed by atoms with Crippen molar-refractivity contribution in [3.63, 3.8) is 0 Å². The first-order valence-electron chi connectivity index (χ1n) is 15.2. The molecule has 1 aromatic heterocycles. The molecule has 2 heterocycles. The number of piperidine rings is 1. The number of benzene rings is 4. The molecule has 47 heavy (non-hydrogen) atoms. The number of nitrogens with one attached hydrogen (secondary N) is 2. The van der Waals surface area contributed by atoms with Gasteiger partial charge < -0.3 is 25.4 Å². The molecule has 11 heteroatoms. The van der Waals surface area contributed by atoms with Crippen LogP contribution in [-0.2, 0) is 6.18 Å². The number of halogens is 3. The van der Waals surface area contributed by atoms with Gasteiger partial charge in [0.15, 0.2) is 0 Å². The normalized spacial score (nSPS) is 13.9. The van der Waals surface area contributed by atoms with E-state index in [2.05, 4.69) is 20.5 Å². The van der Waals surface area contributed by atoms with E-state index in [1.807, 2.05) is 50.2 Å². The number of rotatable bonds is 7. The predicted octanol–water partition coefficient (Wildman–Crippen LogP) is 7.90. The topological polar surface area (TPSA) is 99.6 Å². The number of ether oxygens (including phenoxy) is 1. The third kappa shape index (κ3) is 7.00. The average Bonchev–Trinajstić information content (AvgIpc) is 3.06. The fraction of sp³-hybridized carbons (Fsp3) is 0.250. The van der Waals surface area contributed by atoms with Crippen LogP contribution in [0.1, 0.15) is 39.9 Å². The van der Waals surface area contributed by atoms with E-state index in [0.717, 1.165) is 82.6 Å². The SMILES string of the molecule is COc1ccc(N2CCC(O)CC2)cc1Nc1ncc2cc(-c3cc(NC(=O)c4cccc(C(F)(F)F)c4)ccc3C)cc(C)c2n1. The Bertz CT molecular complexity index is 1960. The Balaban J connectivity index is 1.25. The highest BCUT2D eigenvalue weighted by Gasteiger charge is 2.31. The molecule has 5 aromatic rings. The summed E-state index contributed by atoms with van der Waals surface area (Å²) in [5.74, 6) is 0.427. The summed E-state index contributed by atoms with van der Waals surface area (Å²) in [7, 11) is 1.61. The van der Waals surface area contributed by atoms with E-state index in [1.165, 1.54) is 12.1 Å². The van der Waals surface area contributed by atoms with Gasteiger partial charge in [-0.05, 0) is 110 Å². The fourth-order valence-corrected chi connectivity index (χ4v) is 5.82. The van der Waals surface area contributed by atoms with Crippen molar-refractivity contribution >= 4 is 39.8 Å². The van der Waals surface area contributed by atoms with E-state index in [1.54, 1.807) is 25.4 Å². The van der Waals surface area contributed by atoms with Crippen molar-refractivity contribution in [3.05, 3.63) is 101 Å². The standard InChI is InChI=1S/C36H34F3N5O3/c1-21-7-8-27(41-34(46)23-5-4-6-26(17-23)36(37,38)39)18-30(21)24-15-22(2)33-25(16-24)20-40-35(43-33)42-31-19-28(9-10-32(31)47-3)44-13-11-29(45)12-14-44/h4-10,15-20,29,45H,11-14H2,1-3H3,(H,41,46)(H,40,42,43). The summed E-state index contributed by atoms with van der Waals surface area (Å²) in [6.07, 6.45) is -1.61. The van der Waals surface area contributed by atoms with Gasteiger partial charge in [0.05, 0.1) is 30.0 Å². The van der Waals surface area contributed by atoms with Crippen LogP contribution in [0.5, 0.6) is 5.75 Å². The van der Waals surface area contributed by atoms with Crippen molar-refractivity contribution in [2.24, 2.45) is 0 Å². The van der Waals surface area contributed by atoms with Crippen molar-refractivity contribution in [2.45, 2.75) is 39.0 Å². The molecule has 0 spiro atoms. The minimum atomic E-state index is -4.54. The molecule has 6 rings (SSSR count). The molecule has 4 aromatic carbocycles. The number of alkyl halides is 3. The minimum Gasteiger partial charge on any atom is -0.495 e. The zero-order chi connectivity index (χ0) is 33.3. The van der Waals surface area contributed by atoms with Crippen LogP contribution in [-0.4, -0.2) is 47.3 Å². The van der Waals surface area contributed by atoms with E-state index >= 15 is 0 Å². The molecule has 0 saturated carbocycles. The smallest absolute Gasteiger partial charge is 0.416 e. The first-order chi connectivity index (χ1) is 22.5. The summed E-state index contributed by atoms with van der Waals surface area (Å²) in [6, 6.07) is 19.6. The molecule has 1 fully saturated rings. The molecule has 242 valence electrons. The highest BCUT2D eigenvalue weighted by molar-refractivity contribution is 6.04. The number of aryl methyl sites for hydroxylation is 2. The lowest BCUT2D eigenvalue weighted by atomic mass is 9.96. The van der Waals surface area contributed by atoms with Gasteiger partial charge in [-0.25, -0.2) is 9.97 Å². The van der Waals surface area contributed by atoms with Crippen LogP contribution in [0.4, 0.5) is 36.2 Å². The number of carbonyl (C=O) groups is 1. The summed E-state index contributed by atoms with van der Waals surface area (Å²) in [6.45, 7) is 5.45. The van der Waals surface area contributed by atoms with Gasteiger partial charge in [-0.15, -0.1) is 0 Å². The maximum absolute atomic E-state index is 13.2. The number of nitrogens with zero attached hydrogens (tertiary/aromatic N) is 3. The number of methoxy groups -OCH3 is 1. The zero-order valence-electron chi connectivity index (χ0n) is 26.2. The Kier molecular flexibility index (Phi) is 8.74. The lowest BCUT2D eigenvalue weighted by Gasteiger charge is -2.32. The third-order valence-electron chi connectivity index (χ3n) is 8.39. The number of anilines is 4. The summed E-state index contributed by atoms with van der Waals surface area (Å²) >= 11 is 0. The van der Waals surface area contributed by atoms with Crippen molar-refractivity contribution in [1.82, 2.24) is 9.97 Å². The monoisotopic (exact) mass is 641 g/mol. The highest BCUT2D eigenvalue weighted by Crippen LogP contribution is 2.35. The van der Waals surface area contributed by atoms with Crippen molar-refractivity contribution in [2.75, 3.05) is 35.7 Å². The van der Waals surface area contributed by atoms with Gasteiger partial charge in [0, 0.05) is 41.6 Å². The van der Waals surface area contributed by atoms with Crippen LogP contribution >= 0.6 is 0 Å². The van der Waals surface area contributed by atoms with E-state index in [0.29, 0.717) is 17.4 Å². The molecule has 0 aliphatic carbocycles. The van der Waals surface area contributed by atoms with Crippen LogP contribution in [0, 0.1) is 13.8 Å². The molecule has 0 atom stereocenters. The van der Waals surface area contributed by atoms with Crippen molar-refractivity contribution in [3.8, 4) is 16.9 Å². The number of amides is 1. The second kappa shape index (κ2) is 12.9. The molecule has 0 bridgehead atoms. The lowest BCUT2D eigenvalue weighted by molar-refractivity contribution is -0.137. The molecule has 8 nitrogen and oxygen atoms in total. The Morgan fingerprint density at radius 1 is 0.979 bits per heavy atom. The van der Waals surface area contributed by atoms with Crippen LogP contribution in [0.3, 0.4) is 0 Å². The molecule has 0 unspecified atom stereocenters. The lowest BCUT2D eigenvalue weighted by Crippen LogP contribution is -2.35. The Labute approximate surface area is 270 Å². The van der Waals surface area contributed by atoms with Gasteiger partial charge in [0.1, 0.15) is 5.75 Å². The summed E-state index contributed by atoms with van der Waals surface area (Å²) in [4.78, 5) is 24.5. The summed E-state index contributed by atoms with van der Waals surface area (Å²) in [5, 5.41) is 16.8. The number of aliphatic hydroxyl groups excluding tert-OH is 1. The predicted molar refractivity (Wildman–Crippen MR) is 178 cm³/mol. The fourth-order valence-electron chi connectivity index (χ4n) is 5.82. The minimum absolute atomic E-state index is 0.0826. The summed E-state index contributed by atoms with van der Waals surface area (Å²) in [5.41, 5.74) is 5.60. The van der Waals surface area contributed by atoms with Crippen molar-refractivity contribution < 1.29 is 27.8 Å². The second-order valence-corrected chi connectivity index (χ2v) is 11.7. The molecule has 3 N–H and O–H groups in total. The first kappa shape index (κ1) is 31.8. The van der Waals surface area contributed by atoms with Crippen LogP contribution in [0.2, 0.25) is 0 Å². The van der Waals surface area contributed by atoms with E-state index in [9.17, 15) is 23.1 Å². The molecular formula is C36H34F3N5O3. The Morgan fingerprint density at radius 2 is 1.77 bits per heavy atom. The number of hydrogen-bond acceptors (Lipinski definition) is 7. The number of hydrogen-bond donors (Lipinski definition) is 3. The quantitative estimate of drug-likeness (QED) is 0.166. The average molecular weight is 642 g/mol. The van der Waals surface area contributed by atoms with Gasteiger partial charge in [-0.2, -0.15) is 13.2 Å². The van der Waals surface area contributed by atoms with Gasteiger partial charge in [0.25, 0.3) is 5.91 Å². The Hall–Kier alpha value is -5.16. The van der Waals surface area contributed by atoms with Crippen LogP contribution < -0.4 is 20.3 Å². The number of aromatic nitrogens is 2. The van der Waals surface area contributed by atoms with Gasteiger partial charge in [-0.1, -0.05) is 12.1 Å². The van der Waals surface area contributed by atoms with Gasteiger partial charge in [0.2, 0.25) is 5.95 Å². The highest BCUT2D eigenvalue weighted by atomic mass is 19.4. The number of fused-ring (bicyclic) bond motifs is 1. The molecule has 1 aliphatic heterocycles. The number of carbonyl (C=O) groups excluding carboxylic acids is 1. The van der Waals surface area contributed by atoms with Crippen molar-refractivity contribution in [1.29, 1.82) is 0 Å². The maximum atomic E-state index is 13.2.